The third-order valence-corrected chi connectivity index (χ3v) is 3.37. The fourth-order valence-corrected chi connectivity index (χ4v) is 2.19. The second-order valence-electron chi connectivity index (χ2n) is 3.78. The zero-order valence-electron chi connectivity index (χ0n) is 10.4. The molecule has 0 aliphatic carbocycles. The van der Waals surface area contributed by atoms with Crippen molar-refractivity contribution in [3.63, 3.8) is 0 Å². The summed E-state index contributed by atoms with van der Waals surface area (Å²) in [7, 11) is 5.04. The fraction of sp³-hybridized carbons (Fsp3) is 0.250. The smallest absolute Gasteiger partial charge is 0.161 e. The number of methoxy groups -OCH3 is 2. The van der Waals surface area contributed by atoms with Gasteiger partial charge < -0.3 is 19.8 Å². The first kappa shape index (κ1) is 12.8. The maximum Gasteiger partial charge on any atom is 0.161 e. The molecule has 0 amide bonds. The van der Waals surface area contributed by atoms with Crippen LogP contribution in [0.3, 0.4) is 0 Å². The Morgan fingerprint density at radius 3 is 2.33 bits per heavy atom. The van der Waals surface area contributed by atoms with Crippen LogP contribution in [-0.4, -0.2) is 23.8 Å². The van der Waals surface area contributed by atoms with Gasteiger partial charge in [-0.25, -0.2) is 4.98 Å². The van der Waals surface area contributed by atoms with E-state index in [4.69, 9.17) is 15.2 Å². The summed E-state index contributed by atoms with van der Waals surface area (Å²) in [5.41, 5.74) is 7.55. The van der Waals surface area contributed by atoms with Crippen molar-refractivity contribution in [2.24, 2.45) is 7.05 Å². The van der Waals surface area contributed by atoms with Crippen molar-refractivity contribution < 1.29 is 9.47 Å². The number of aromatic nitrogens is 2. The van der Waals surface area contributed by atoms with Crippen molar-refractivity contribution in [3.05, 3.63) is 22.9 Å². The van der Waals surface area contributed by atoms with E-state index < -0.39 is 0 Å². The number of anilines is 1. The maximum atomic E-state index is 5.97. The van der Waals surface area contributed by atoms with E-state index in [0.29, 0.717) is 23.0 Å². The number of nitrogens with two attached hydrogens (primary N) is 1. The van der Waals surface area contributed by atoms with Crippen molar-refractivity contribution in [2.75, 3.05) is 20.0 Å². The second kappa shape index (κ2) is 4.89. The lowest BCUT2D eigenvalue weighted by molar-refractivity contribution is 0.355. The van der Waals surface area contributed by atoms with Crippen LogP contribution in [0.2, 0.25) is 0 Å². The number of halogens is 1. The van der Waals surface area contributed by atoms with Gasteiger partial charge in [0.1, 0.15) is 11.5 Å². The first-order chi connectivity index (χ1) is 8.58. The molecule has 0 aliphatic rings. The van der Waals surface area contributed by atoms with Gasteiger partial charge in [-0.05, 0) is 28.1 Å². The summed E-state index contributed by atoms with van der Waals surface area (Å²) in [5, 5.41) is 0. The molecule has 18 heavy (non-hydrogen) atoms. The van der Waals surface area contributed by atoms with E-state index in [1.165, 1.54) is 0 Å². The molecule has 0 saturated carbocycles. The number of ether oxygens (including phenoxy) is 2. The van der Waals surface area contributed by atoms with E-state index in [1.807, 2.05) is 19.2 Å². The Kier molecular flexibility index (Phi) is 3.47. The van der Waals surface area contributed by atoms with Crippen LogP contribution in [0.4, 0.5) is 5.82 Å². The molecule has 1 aromatic heterocycles. The lowest BCUT2D eigenvalue weighted by atomic mass is 10.1. The van der Waals surface area contributed by atoms with Gasteiger partial charge in [-0.15, -0.1) is 0 Å². The van der Waals surface area contributed by atoms with Gasteiger partial charge in [-0.1, -0.05) is 0 Å². The summed E-state index contributed by atoms with van der Waals surface area (Å²) < 4.78 is 13.1. The molecule has 0 radical (unpaired) electrons. The van der Waals surface area contributed by atoms with Crippen LogP contribution >= 0.6 is 15.9 Å². The molecule has 0 saturated heterocycles. The lowest BCUT2D eigenvalue weighted by Gasteiger charge is -2.11. The predicted molar refractivity (Wildman–Crippen MR) is 73.9 cm³/mol. The van der Waals surface area contributed by atoms with E-state index in [9.17, 15) is 0 Å². The molecule has 0 spiro atoms. The van der Waals surface area contributed by atoms with Crippen molar-refractivity contribution in [3.8, 4) is 22.8 Å². The minimum Gasteiger partial charge on any atom is -0.493 e. The van der Waals surface area contributed by atoms with Crippen LogP contribution in [0.25, 0.3) is 11.3 Å². The van der Waals surface area contributed by atoms with E-state index in [2.05, 4.69) is 20.9 Å². The Balaban J connectivity index is 2.61. The van der Waals surface area contributed by atoms with Gasteiger partial charge >= 0.3 is 0 Å². The number of hydrogen-bond donors (Lipinski definition) is 1. The van der Waals surface area contributed by atoms with Crippen LogP contribution in [0.5, 0.6) is 11.5 Å². The monoisotopic (exact) mass is 311 g/mol. The summed E-state index contributed by atoms with van der Waals surface area (Å²) in [4.78, 5) is 4.29. The minimum absolute atomic E-state index is 0.600. The Hall–Kier alpha value is -1.69. The predicted octanol–water partition coefficient (Wildman–Crippen LogP) is 2.45. The van der Waals surface area contributed by atoms with Gasteiger partial charge in [0.05, 0.1) is 20.5 Å². The molecule has 5 nitrogen and oxygen atoms in total. The average Bonchev–Trinajstić information content (AvgIpc) is 2.70. The Morgan fingerprint density at radius 1 is 1.22 bits per heavy atom. The molecule has 0 bridgehead atoms. The van der Waals surface area contributed by atoms with Crippen LogP contribution in [0.1, 0.15) is 0 Å². The molecule has 0 atom stereocenters. The lowest BCUT2D eigenvalue weighted by Crippen LogP contribution is -1.97. The molecule has 1 aromatic carbocycles. The van der Waals surface area contributed by atoms with Crippen molar-refractivity contribution in [1.82, 2.24) is 9.55 Å². The summed E-state index contributed by atoms with van der Waals surface area (Å²) in [6.07, 6.45) is 1.67. The molecule has 0 unspecified atom stereocenters. The number of hydrogen-bond acceptors (Lipinski definition) is 4. The molecule has 0 aliphatic heterocycles. The number of nitrogen functional groups attached to an aromatic ring is 1. The molecular weight excluding hydrogens is 298 g/mol. The van der Waals surface area contributed by atoms with Crippen LogP contribution in [0.15, 0.2) is 22.9 Å². The van der Waals surface area contributed by atoms with E-state index in [1.54, 1.807) is 25.1 Å². The molecule has 0 fully saturated rings. The highest BCUT2D eigenvalue weighted by Gasteiger charge is 2.15. The number of aryl methyl sites for hydroxylation is 1. The van der Waals surface area contributed by atoms with Gasteiger partial charge in [0.25, 0.3) is 0 Å². The standard InChI is InChI=1S/C12H14BrN3O2/c1-16-6-15-11(12(16)14)7-4-9(17-2)10(18-3)5-8(7)13/h4-6H,14H2,1-3H3. The van der Waals surface area contributed by atoms with Crippen molar-refractivity contribution in [2.45, 2.75) is 0 Å². The zero-order chi connectivity index (χ0) is 13.3. The third kappa shape index (κ3) is 2.03. The largest absolute Gasteiger partial charge is 0.493 e. The number of benzene rings is 1. The number of rotatable bonds is 3. The van der Waals surface area contributed by atoms with Gasteiger partial charge in [-0.3, -0.25) is 0 Å². The SMILES string of the molecule is COc1cc(Br)c(-c2ncn(C)c2N)cc1OC. The first-order valence-electron chi connectivity index (χ1n) is 5.27. The highest BCUT2D eigenvalue weighted by Crippen LogP contribution is 2.39. The van der Waals surface area contributed by atoms with Gasteiger partial charge in [0.15, 0.2) is 11.5 Å². The highest BCUT2D eigenvalue weighted by molar-refractivity contribution is 9.10. The van der Waals surface area contributed by atoms with E-state index in [-0.39, 0.29) is 0 Å². The highest BCUT2D eigenvalue weighted by atomic mass is 79.9. The Morgan fingerprint density at radius 2 is 1.83 bits per heavy atom. The minimum atomic E-state index is 0.600. The molecule has 6 heteroatoms. The second-order valence-corrected chi connectivity index (χ2v) is 4.63. The van der Waals surface area contributed by atoms with Crippen molar-refractivity contribution >= 4 is 21.7 Å². The molecule has 2 aromatic rings. The Labute approximate surface area is 114 Å². The van der Waals surface area contributed by atoms with Crippen LogP contribution in [-0.2, 0) is 7.05 Å². The summed E-state index contributed by atoms with van der Waals surface area (Å²) in [6.45, 7) is 0. The first-order valence-corrected chi connectivity index (χ1v) is 6.06. The van der Waals surface area contributed by atoms with Crippen LogP contribution < -0.4 is 15.2 Å². The van der Waals surface area contributed by atoms with Gasteiger partial charge in [0.2, 0.25) is 0 Å². The zero-order valence-corrected chi connectivity index (χ0v) is 12.0. The molecule has 2 N–H and O–H groups in total. The van der Waals surface area contributed by atoms with Gasteiger partial charge in [-0.2, -0.15) is 0 Å². The number of imidazole rings is 1. The topological polar surface area (TPSA) is 62.3 Å². The quantitative estimate of drug-likeness (QED) is 0.945. The van der Waals surface area contributed by atoms with E-state index >= 15 is 0 Å². The van der Waals surface area contributed by atoms with E-state index in [0.717, 1.165) is 10.0 Å². The van der Waals surface area contributed by atoms with Crippen LogP contribution in [0, 0.1) is 0 Å². The normalized spacial score (nSPS) is 10.4. The summed E-state index contributed by atoms with van der Waals surface area (Å²) in [6, 6.07) is 3.68. The average molecular weight is 312 g/mol. The van der Waals surface area contributed by atoms with Gasteiger partial charge in [0, 0.05) is 17.1 Å². The molecule has 2 rings (SSSR count). The molecular formula is C12H14BrN3O2. The fourth-order valence-electron chi connectivity index (χ4n) is 1.68. The number of nitrogens with zero attached hydrogens (tertiary/aromatic N) is 2. The molecule has 96 valence electrons. The Bertz CT molecular complexity index is 581. The molecule has 1 heterocycles. The van der Waals surface area contributed by atoms with Crippen molar-refractivity contribution in [1.29, 1.82) is 0 Å². The summed E-state index contributed by atoms with van der Waals surface area (Å²) in [5.74, 6) is 1.89. The third-order valence-electron chi connectivity index (χ3n) is 2.71. The maximum absolute atomic E-state index is 5.97. The summed E-state index contributed by atoms with van der Waals surface area (Å²) >= 11 is 3.49.